The van der Waals surface area contributed by atoms with Crippen LogP contribution in [-0.4, -0.2) is 29.4 Å². The lowest BCUT2D eigenvalue weighted by atomic mass is 10.2. The molecule has 0 saturated heterocycles. The molecule has 0 radical (unpaired) electrons. The molecular weight excluding hydrogens is 318 g/mol. The molecule has 0 atom stereocenters. The molecule has 1 amide bonds. The summed E-state index contributed by atoms with van der Waals surface area (Å²) in [5.74, 6) is 0.647. The molecule has 0 aliphatic rings. The average Bonchev–Trinajstić information content (AvgIpc) is 3.09. The number of benzene rings is 2. The highest BCUT2D eigenvalue weighted by Gasteiger charge is 2.19. The minimum Gasteiger partial charge on any atom is -0.493 e. The minimum absolute atomic E-state index is 0.206. The van der Waals surface area contributed by atoms with Crippen LogP contribution >= 0.6 is 0 Å². The zero-order chi connectivity index (χ0) is 17.6. The number of aromatic nitrogens is 2. The van der Waals surface area contributed by atoms with Gasteiger partial charge in [-0.25, -0.2) is 4.68 Å². The van der Waals surface area contributed by atoms with Crippen molar-refractivity contribution >= 4 is 11.6 Å². The summed E-state index contributed by atoms with van der Waals surface area (Å²) in [6, 6.07) is 16.8. The van der Waals surface area contributed by atoms with Gasteiger partial charge in [-0.1, -0.05) is 30.3 Å². The van der Waals surface area contributed by atoms with Gasteiger partial charge < -0.3 is 14.8 Å². The molecule has 0 unspecified atom stereocenters. The molecule has 1 N–H and O–H groups in total. The van der Waals surface area contributed by atoms with E-state index in [9.17, 15) is 4.79 Å². The van der Waals surface area contributed by atoms with Crippen molar-refractivity contribution in [1.29, 1.82) is 0 Å². The lowest BCUT2D eigenvalue weighted by Gasteiger charge is -2.10. The Labute approximate surface area is 146 Å². The third-order valence-electron chi connectivity index (χ3n) is 3.57. The van der Waals surface area contributed by atoms with Gasteiger partial charge in [0.15, 0.2) is 11.4 Å². The van der Waals surface area contributed by atoms with Crippen molar-refractivity contribution < 1.29 is 14.3 Å². The number of nitrogens with zero attached hydrogens (tertiary/aromatic N) is 2. The van der Waals surface area contributed by atoms with Gasteiger partial charge in [0.25, 0.3) is 5.91 Å². The number of hydrogen-bond donors (Lipinski definition) is 1. The summed E-state index contributed by atoms with van der Waals surface area (Å²) in [6.45, 7) is 2.40. The van der Waals surface area contributed by atoms with E-state index in [1.54, 1.807) is 23.0 Å². The van der Waals surface area contributed by atoms with Crippen LogP contribution in [0.4, 0.5) is 5.69 Å². The standard InChI is InChI=1S/C19H19N3O3/c1-3-25-16-12-8-7-11-15(16)20-19(23)18-17(24-2)13-22(21-18)14-9-5-4-6-10-14/h4-13H,3H2,1-2H3,(H,20,23). The Morgan fingerprint density at radius 1 is 1.08 bits per heavy atom. The number of ether oxygens (including phenoxy) is 2. The molecule has 3 rings (SSSR count). The van der Waals surface area contributed by atoms with Crippen molar-refractivity contribution in [2.75, 3.05) is 19.0 Å². The van der Waals surface area contributed by atoms with Crippen LogP contribution in [0.3, 0.4) is 0 Å². The van der Waals surface area contributed by atoms with Gasteiger partial charge in [0.2, 0.25) is 0 Å². The van der Waals surface area contributed by atoms with E-state index >= 15 is 0 Å². The van der Waals surface area contributed by atoms with Gasteiger partial charge in [-0.2, -0.15) is 5.10 Å². The van der Waals surface area contributed by atoms with E-state index in [4.69, 9.17) is 9.47 Å². The Hall–Kier alpha value is -3.28. The van der Waals surface area contributed by atoms with Crippen LogP contribution in [0.2, 0.25) is 0 Å². The maximum atomic E-state index is 12.7. The van der Waals surface area contributed by atoms with Crippen molar-refractivity contribution in [1.82, 2.24) is 9.78 Å². The van der Waals surface area contributed by atoms with Crippen LogP contribution in [-0.2, 0) is 0 Å². The zero-order valence-electron chi connectivity index (χ0n) is 14.1. The molecule has 6 nitrogen and oxygen atoms in total. The Balaban J connectivity index is 1.89. The van der Waals surface area contributed by atoms with Crippen molar-refractivity contribution in [3.63, 3.8) is 0 Å². The summed E-state index contributed by atoms with van der Waals surface area (Å²) >= 11 is 0. The molecule has 128 valence electrons. The first kappa shape index (κ1) is 16.6. The second-order valence-electron chi connectivity index (χ2n) is 5.21. The minimum atomic E-state index is -0.362. The van der Waals surface area contributed by atoms with E-state index in [0.29, 0.717) is 23.8 Å². The Morgan fingerprint density at radius 3 is 2.52 bits per heavy atom. The predicted octanol–water partition coefficient (Wildman–Crippen LogP) is 3.53. The lowest BCUT2D eigenvalue weighted by molar-refractivity contribution is 0.101. The molecule has 1 aromatic heterocycles. The fourth-order valence-electron chi connectivity index (χ4n) is 2.41. The van der Waals surface area contributed by atoms with E-state index in [2.05, 4.69) is 10.4 Å². The predicted molar refractivity (Wildman–Crippen MR) is 95.7 cm³/mol. The fraction of sp³-hybridized carbons (Fsp3) is 0.158. The van der Waals surface area contributed by atoms with Gasteiger partial charge in [-0.3, -0.25) is 4.79 Å². The summed E-state index contributed by atoms with van der Waals surface area (Å²) in [5.41, 5.74) is 1.64. The van der Waals surface area contributed by atoms with E-state index in [1.807, 2.05) is 49.4 Å². The number of rotatable bonds is 6. The Kier molecular flexibility index (Phi) is 4.99. The molecule has 2 aromatic carbocycles. The molecule has 1 heterocycles. The number of nitrogens with one attached hydrogen (secondary N) is 1. The highest BCUT2D eigenvalue weighted by molar-refractivity contribution is 6.05. The summed E-state index contributed by atoms with van der Waals surface area (Å²) in [4.78, 5) is 12.7. The molecule has 0 saturated carbocycles. The molecule has 25 heavy (non-hydrogen) atoms. The van der Waals surface area contributed by atoms with Crippen LogP contribution in [0.1, 0.15) is 17.4 Å². The molecule has 3 aromatic rings. The Morgan fingerprint density at radius 2 is 1.80 bits per heavy atom. The van der Waals surface area contributed by atoms with Crippen LogP contribution < -0.4 is 14.8 Å². The molecule has 0 aliphatic heterocycles. The normalized spacial score (nSPS) is 10.3. The number of anilines is 1. The number of hydrogen-bond acceptors (Lipinski definition) is 4. The highest BCUT2D eigenvalue weighted by atomic mass is 16.5. The monoisotopic (exact) mass is 337 g/mol. The first-order chi connectivity index (χ1) is 12.2. The van der Waals surface area contributed by atoms with E-state index in [1.165, 1.54) is 7.11 Å². The first-order valence-electron chi connectivity index (χ1n) is 7.95. The molecule has 6 heteroatoms. The number of methoxy groups -OCH3 is 1. The number of para-hydroxylation sites is 3. The van der Waals surface area contributed by atoms with Crippen molar-refractivity contribution in [3.8, 4) is 17.2 Å². The number of carbonyl (C=O) groups excluding carboxylic acids is 1. The third kappa shape index (κ3) is 3.63. The van der Waals surface area contributed by atoms with Crippen LogP contribution in [0, 0.1) is 0 Å². The molecule has 0 fully saturated rings. The summed E-state index contributed by atoms with van der Waals surface area (Å²) in [7, 11) is 1.51. The second-order valence-corrected chi connectivity index (χ2v) is 5.21. The van der Waals surface area contributed by atoms with Crippen molar-refractivity contribution in [2.24, 2.45) is 0 Å². The average molecular weight is 337 g/mol. The SMILES string of the molecule is CCOc1ccccc1NC(=O)c1nn(-c2ccccc2)cc1OC. The first-order valence-corrected chi connectivity index (χ1v) is 7.95. The fourth-order valence-corrected chi connectivity index (χ4v) is 2.41. The van der Waals surface area contributed by atoms with Crippen LogP contribution in [0.5, 0.6) is 11.5 Å². The third-order valence-corrected chi connectivity index (χ3v) is 3.57. The van der Waals surface area contributed by atoms with Gasteiger partial charge in [-0.05, 0) is 31.2 Å². The molecule has 0 spiro atoms. The maximum Gasteiger partial charge on any atom is 0.280 e. The smallest absolute Gasteiger partial charge is 0.280 e. The largest absolute Gasteiger partial charge is 0.493 e. The van der Waals surface area contributed by atoms with Gasteiger partial charge in [0.1, 0.15) is 5.75 Å². The second kappa shape index (κ2) is 7.53. The zero-order valence-corrected chi connectivity index (χ0v) is 14.1. The van der Waals surface area contributed by atoms with Gasteiger partial charge >= 0.3 is 0 Å². The van der Waals surface area contributed by atoms with E-state index in [-0.39, 0.29) is 11.6 Å². The van der Waals surface area contributed by atoms with Gasteiger partial charge in [0.05, 0.1) is 31.3 Å². The van der Waals surface area contributed by atoms with Crippen LogP contribution in [0.15, 0.2) is 60.8 Å². The molecular formula is C19H19N3O3. The maximum absolute atomic E-state index is 12.7. The highest BCUT2D eigenvalue weighted by Crippen LogP contribution is 2.26. The van der Waals surface area contributed by atoms with Crippen LogP contribution in [0.25, 0.3) is 5.69 Å². The van der Waals surface area contributed by atoms with Gasteiger partial charge in [-0.15, -0.1) is 0 Å². The van der Waals surface area contributed by atoms with Crippen molar-refractivity contribution in [3.05, 3.63) is 66.5 Å². The Bertz CT molecular complexity index is 859. The number of carbonyl (C=O) groups is 1. The summed E-state index contributed by atoms with van der Waals surface area (Å²) in [6.07, 6.45) is 1.68. The topological polar surface area (TPSA) is 65.4 Å². The van der Waals surface area contributed by atoms with E-state index in [0.717, 1.165) is 5.69 Å². The summed E-state index contributed by atoms with van der Waals surface area (Å²) in [5, 5.41) is 7.19. The lowest BCUT2D eigenvalue weighted by Crippen LogP contribution is -2.15. The van der Waals surface area contributed by atoms with Gasteiger partial charge in [0, 0.05) is 0 Å². The van der Waals surface area contributed by atoms with E-state index < -0.39 is 0 Å². The summed E-state index contributed by atoms with van der Waals surface area (Å²) < 4.78 is 12.5. The quantitative estimate of drug-likeness (QED) is 0.747. The molecule has 0 aliphatic carbocycles. The van der Waals surface area contributed by atoms with Crippen molar-refractivity contribution in [2.45, 2.75) is 6.92 Å². The number of amides is 1. The molecule has 0 bridgehead atoms.